The Hall–Kier alpha value is -3.38. The van der Waals surface area contributed by atoms with Crippen molar-refractivity contribution in [2.45, 2.75) is 64.6 Å². The summed E-state index contributed by atoms with van der Waals surface area (Å²) >= 11 is 0. The smallest absolute Gasteiger partial charge is 0.405 e. The summed E-state index contributed by atoms with van der Waals surface area (Å²) in [5.41, 5.74) is 6.48. The number of phenolic OH excluding ortho intramolecular Hbond substituents is 2. The molecule has 2 amide bonds. The second kappa shape index (κ2) is 14.8. The van der Waals surface area contributed by atoms with Gasteiger partial charge in [0.15, 0.2) is 6.10 Å². The number of rotatable bonds is 4. The monoisotopic (exact) mass is 562 g/mol. The number of fused-ring (bicyclic) bond motifs is 2. The molecule has 1 aliphatic heterocycles. The summed E-state index contributed by atoms with van der Waals surface area (Å²) in [5, 5.41) is 35.3. The number of hydrogen-bond acceptors (Lipinski definition) is 9. The molecule has 7 atom stereocenters. The van der Waals surface area contributed by atoms with Gasteiger partial charge in [-0.25, -0.2) is 4.79 Å². The van der Waals surface area contributed by atoms with Crippen molar-refractivity contribution in [3.63, 3.8) is 0 Å². The molecule has 1 aliphatic rings. The highest BCUT2D eigenvalue weighted by atomic mass is 16.6. The minimum atomic E-state index is -0.995. The van der Waals surface area contributed by atoms with Gasteiger partial charge in [-0.05, 0) is 37.8 Å². The van der Waals surface area contributed by atoms with Crippen LogP contribution in [-0.4, -0.2) is 73.1 Å². The molecule has 1 aromatic rings. The van der Waals surface area contributed by atoms with Crippen LogP contribution in [0.4, 0.5) is 10.5 Å². The van der Waals surface area contributed by atoms with Crippen molar-refractivity contribution < 1.29 is 43.9 Å². The van der Waals surface area contributed by atoms with Crippen LogP contribution in [0.3, 0.4) is 0 Å². The van der Waals surface area contributed by atoms with Gasteiger partial charge in [-0.15, -0.1) is 0 Å². The number of nitrogens with two attached hydrogens (primary N) is 1. The molecular formula is C29H42N2O9. The molecule has 1 aromatic carbocycles. The summed E-state index contributed by atoms with van der Waals surface area (Å²) in [6, 6.07) is 2.62. The number of methoxy groups -OCH3 is 3. The van der Waals surface area contributed by atoms with Crippen LogP contribution >= 0.6 is 0 Å². The molecule has 0 fully saturated rings. The number of aliphatic hydroxyl groups is 1. The van der Waals surface area contributed by atoms with E-state index in [1.54, 1.807) is 39.0 Å². The van der Waals surface area contributed by atoms with Crippen LogP contribution in [-0.2, 0) is 23.7 Å². The highest BCUT2D eigenvalue weighted by molar-refractivity contribution is 6.04. The third kappa shape index (κ3) is 8.31. The van der Waals surface area contributed by atoms with Crippen LogP contribution in [0.15, 0.2) is 47.6 Å². The van der Waals surface area contributed by atoms with E-state index in [1.807, 2.05) is 6.92 Å². The van der Waals surface area contributed by atoms with Crippen molar-refractivity contribution in [2.75, 3.05) is 26.6 Å². The maximum Gasteiger partial charge on any atom is 0.405 e. The maximum atomic E-state index is 12.9. The zero-order valence-corrected chi connectivity index (χ0v) is 24.1. The number of allylic oxidation sites excluding steroid dienone is 2. The van der Waals surface area contributed by atoms with E-state index in [-0.39, 0.29) is 34.2 Å². The zero-order valence-electron chi connectivity index (χ0n) is 24.1. The third-order valence-electron chi connectivity index (χ3n) is 7.07. The van der Waals surface area contributed by atoms with Crippen molar-refractivity contribution in [3.8, 4) is 11.5 Å². The number of aliphatic hydroxyl groups excluding tert-OH is 1. The van der Waals surface area contributed by atoms with E-state index in [0.717, 1.165) is 0 Å². The van der Waals surface area contributed by atoms with Crippen LogP contribution in [0, 0.1) is 11.8 Å². The van der Waals surface area contributed by atoms with Gasteiger partial charge >= 0.3 is 6.09 Å². The Kier molecular flexibility index (Phi) is 12.2. The fourth-order valence-corrected chi connectivity index (χ4v) is 4.88. The number of amides is 2. The molecule has 0 spiro atoms. The molecular weight excluding hydrogens is 520 g/mol. The quantitative estimate of drug-likeness (QED) is 0.209. The van der Waals surface area contributed by atoms with Gasteiger partial charge in [-0.2, -0.15) is 0 Å². The minimum Gasteiger partial charge on any atom is -0.508 e. The fraction of sp³-hybridized carbons (Fsp3) is 0.517. The number of primary amides is 1. The summed E-state index contributed by atoms with van der Waals surface area (Å²) in [6.45, 7) is 6.97. The molecule has 2 bridgehead atoms. The Bertz CT molecular complexity index is 1130. The first-order chi connectivity index (χ1) is 18.8. The van der Waals surface area contributed by atoms with Gasteiger partial charge in [-0.1, -0.05) is 38.2 Å². The lowest BCUT2D eigenvalue weighted by Crippen LogP contribution is -2.37. The van der Waals surface area contributed by atoms with Gasteiger partial charge in [-0.3, -0.25) is 4.79 Å². The predicted octanol–water partition coefficient (Wildman–Crippen LogP) is 3.70. The lowest BCUT2D eigenvalue weighted by molar-refractivity contribution is -0.112. The molecule has 0 saturated carbocycles. The van der Waals surface area contributed by atoms with E-state index < -0.39 is 48.4 Å². The maximum absolute atomic E-state index is 12.9. The molecule has 6 N–H and O–H groups in total. The van der Waals surface area contributed by atoms with Gasteiger partial charge < -0.3 is 45.3 Å². The number of aromatic hydroxyl groups is 2. The average Bonchev–Trinajstić information content (AvgIpc) is 2.90. The second-order valence-corrected chi connectivity index (χ2v) is 10.1. The number of ether oxygens (including phenoxy) is 4. The molecule has 11 heteroatoms. The lowest BCUT2D eigenvalue weighted by Gasteiger charge is -2.32. The SMILES string of the molecule is COC1c2cc(O)cc(c2O)NC(=O)/C(C)=C/C=C\[C@H](OC)[C@@H](OC(N)=O)/C(C)=C/[C@H](C)C(O)[C@@H](OC)C[C@@H]1C. The minimum absolute atomic E-state index is 0.00496. The summed E-state index contributed by atoms with van der Waals surface area (Å²) in [5.74, 6) is -1.70. The summed E-state index contributed by atoms with van der Waals surface area (Å²) in [7, 11) is 4.39. The molecule has 2 rings (SSSR count). The first-order valence-electron chi connectivity index (χ1n) is 13.0. The molecule has 40 heavy (non-hydrogen) atoms. The molecule has 0 aliphatic carbocycles. The topological polar surface area (TPSA) is 170 Å². The third-order valence-corrected chi connectivity index (χ3v) is 7.07. The standard InChI is InChI=1S/C29H42N2O9/c1-15-9-8-10-22(37-5)27(40-29(30)36)17(3)11-16(2)24(33)23(38-6)12-18(4)26(39-7)20-13-19(32)14-21(25(20)34)31-28(15)35/h8-11,13-14,16,18,22-24,26-27,32-34H,12H2,1-7H3,(H2,30,36)(H,31,35)/b10-8-,15-9+,17-11+/t16-,18-,22-,23-,24?,26?,27-/m0/s1. The Labute approximate surface area is 235 Å². The van der Waals surface area contributed by atoms with E-state index in [1.165, 1.54) is 39.5 Å². The van der Waals surface area contributed by atoms with Crippen molar-refractivity contribution in [2.24, 2.45) is 17.6 Å². The number of carbonyl (C=O) groups is 2. The van der Waals surface area contributed by atoms with Crippen molar-refractivity contribution in [3.05, 3.63) is 53.1 Å². The number of nitrogens with one attached hydrogen (secondary N) is 1. The number of benzene rings is 1. The summed E-state index contributed by atoms with van der Waals surface area (Å²) < 4.78 is 22.3. The van der Waals surface area contributed by atoms with Gasteiger partial charge in [0, 0.05) is 44.5 Å². The van der Waals surface area contributed by atoms with Crippen molar-refractivity contribution in [1.82, 2.24) is 0 Å². The molecule has 2 unspecified atom stereocenters. The van der Waals surface area contributed by atoms with Crippen LogP contribution in [0.1, 0.15) is 45.8 Å². The Morgan fingerprint density at radius 1 is 1.05 bits per heavy atom. The summed E-state index contributed by atoms with van der Waals surface area (Å²) in [4.78, 5) is 24.6. The number of anilines is 1. The van der Waals surface area contributed by atoms with Gasteiger partial charge in [0.2, 0.25) is 0 Å². The van der Waals surface area contributed by atoms with E-state index in [0.29, 0.717) is 12.0 Å². The molecule has 0 radical (unpaired) electrons. The molecule has 0 aromatic heterocycles. The Morgan fingerprint density at radius 2 is 1.73 bits per heavy atom. The Balaban J connectivity index is 2.67. The van der Waals surface area contributed by atoms with Crippen LogP contribution in [0.5, 0.6) is 11.5 Å². The molecule has 11 nitrogen and oxygen atoms in total. The van der Waals surface area contributed by atoms with E-state index in [2.05, 4.69) is 5.32 Å². The molecule has 1 heterocycles. The largest absolute Gasteiger partial charge is 0.508 e. The van der Waals surface area contributed by atoms with Gasteiger partial charge in [0.05, 0.1) is 24.0 Å². The first-order valence-corrected chi connectivity index (χ1v) is 13.0. The fourth-order valence-electron chi connectivity index (χ4n) is 4.88. The van der Waals surface area contributed by atoms with Crippen LogP contribution in [0.25, 0.3) is 0 Å². The van der Waals surface area contributed by atoms with E-state index in [9.17, 15) is 24.9 Å². The van der Waals surface area contributed by atoms with Gasteiger partial charge in [0.25, 0.3) is 5.91 Å². The van der Waals surface area contributed by atoms with E-state index in [4.69, 9.17) is 24.7 Å². The highest BCUT2D eigenvalue weighted by Gasteiger charge is 2.32. The van der Waals surface area contributed by atoms with Crippen LogP contribution < -0.4 is 11.1 Å². The number of carbonyl (C=O) groups excluding carboxylic acids is 2. The predicted molar refractivity (Wildman–Crippen MR) is 150 cm³/mol. The first kappa shape index (κ1) is 32.8. The summed E-state index contributed by atoms with van der Waals surface area (Å²) in [6.07, 6.45) is 1.78. The molecule has 0 saturated heterocycles. The number of phenols is 2. The normalized spacial score (nSPS) is 32.2. The van der Waals surface area contributed by atoms with Crippen LogP contribution in [0.2, 0.25) is 0 Å². The highest BCUT2D eigenvalue weighted by Crippen LogP contribution is 2.41. The van der Waals surface area contributed by atoms with Crippen molar-refractivity contribution in [1.29, 1.82) is 0 Å². The van der Waals surface area contributed by atoms with E-state index >= 15 is 0 Å². The average molecular weight is 563 g/mol. The van der Waals surface area contributed by atoms with Gasteiger partial charge in [0.1, 0.15) is 17.6 Å². The van der Waals surface area contributed by atoms with Crippen molar-refractivity contribution >= 4 is 17.7 Å². The molecule has 222 valence electrons. The number of hydrogen-bond donors (Lipinski definition) is 5. The Morgan fingerprint density at radius 3 is 2.30 bits per heavy atom. The lowest BCUT2D eigenvalue weighted by atomic mass is 9.86. The second-order valence-electron chi connectivity index (χ2n) is 10.1. The zero-order chi connectivity index (χ0) is 30.1.